The third-order valence-electron chi connectivity index (χ3n) is 3.85. The summed E-state index contributed by atoms with van der Waals surface area (Å²) in [5, 5.41) is 0. The molecule has 0 spiro atoms. The number of benzene rings is 2. The van der Waals surface area contributed by atoms with Crippen LogP contribution in [0.4, 0.5) is 0 Å². The molecule has 2 rings (SSSR count). The topological polar surface area (TPSA) is 17.1 Å². The Bertz CT molecular complexity index is 584. The molecule has 0 atom stereocenters. The number of rotatable bonds is 7. The first-order valence-corrected chi connectivity index (χ1v) is 7.98. The molecule has 0 aliphatic rings. The van der Waals surface area contributed by atoms with Gasteiger partial charge in [0.2, 0.25) is 0 Å². The van der Waals surface area contributed by atoms with E-state index in [0.717, 1.165) is 43.2 Å². The van der Waals surface area contributed by atoms with Gasteiger partial charge in [-0.05, 0) is 30.4 Å². The minimum absolute atomic E-state index is 0.152. The van der Waals surface area contributed by atoms with Gasteiger partial charge in [0.25, 0.3) is 0 Å². The second-order valence-corrected chi connectivity index (χ2v) is 5.49. The molecule has 0 bridgehead atoms. The van der Waals surface area contributed by atoms with E-state index < -0.39 is 0 Å². The van der Waals surface area contributed by atoms with Crippen molar-refractivity contribution in [1.29, 1.82) is 0 Å². The van der Waals surface area contributed by atoms with E-state index in [0.29, 0.717) is 0 Å². The largest absolute Gasteiger partial charge is 0.289 e. The molecular formula is C20H24O. The molecule has 0 aliphatic heterocycles. The summed E-state index contributed by atoms with van der Waals surface area (Å²) in [6, 6.07) is 15.8. The molecule has 2 aromatic carbocycles. The van der Waals surface area contributed by atoms with Crippen LogP contribution in [-0.4, -0.2) is 5.78 Å². The Morgan fingerprint density at radius 1 is 0.857 bits per heavy atom. The number of unbranched alkanes of at least 4 members (excludes halogenated alkanes) is 1. The molecule has 1 heteroatoms. The van der Waals surface area contributed by atoms with Gasteiger partial charge in [0.15, 0.2) is 5.78 Å². The quantitative estimate of drug-likeness (QED) is 0.636. The molecular weight excluding hydrogens is 256 g/mol. The molecule has 0 heterocycles. The summed E-state index contributed by atoms with van der Waals surface area (Å²) < 4.78 is 0. The van der Waals surface area contributed by atoms with E-state index in [2.05, 4.69) is 19.9 Å². The zero-order valence-corrected chi connectivity index (χ0v) is 13.1. The number of aryl methyl sites for hydroxylation is 1. The summed E-state index contributed by atoms with van der Waals surface area (Å²) in [6.07, 6.45) is 5.45. The van der Waals surface area contributed by atoms with Crippen molar-refractivity contribution in [3.8, 4) is 0 Å². The molecule has 0 saturated carbocycles. The number of hydrogen-bond donors (Lipinski definition) is 0. The maximum Gasteiger partial charge on any atom is 0.193 e. The van der Waals surface area contributed by atoms with Crippen LogP contribution in [0.25, 0.3) is 0 Å². The van der Waals surface area contributed by atoms with Gasteiger partial charge in [0.05, 0.1) is 0 Å². The van der Waals surface area contributed by atoms with Crippen molar-refractivity contribution < 1.29 is 4.79 Å². The number of carbonyl (C=O) groups excluding carboxylic acids is 1. The molecule has 0 N–H and O–H groups in total. The Morgan fingerprint density at radius 3 is 2.29 bits per heavy atom. The molecule has 110 valence electrons. The lowest BCUT2D eigenvalue weighted by atomic mass is 9.90. The van der Waals surface area contributed by atoms with E-state index >= 15 is 0 Å². The maximum absolute atomic E-state index is 12.8. The Kier molecular flexibility index (Phi) is 5.74. The SMILES string of the molecule is CCCCc1c(CCC)cccc1C(=O)c1ccccc1. The summed E-state index contributed by atoms with van der Waals surface area (Å²) in [4.78, 5) is 12.8. The smallest absolute Gasteiger partial charge is 0.193 e. The molecule has 21 heavy (non-hydrogen) atoms. The Balaban J connectivity index is 2.41. The molecule has 0 saturated heterocycles. The number of ketones is 1. The van der Waals surface area contributed by atoms with E-state index in [1.807, 2.05) is 42.5 Å². The van der Waals surface area contributed by atoms with E-state index in [1.165, 1.54) is 11.1 Å². The van der Waals surface area contributed by atoms with Crippen LogP contribution in [0.2, 0.25) is 0 Å². The monoisotopic (exact) mass is 280 g/mol. The van der Waals surface area contributed by atoms with Gasteiger partial charge in [0.1, 0.15) is 0 Å². The lowest BCUT2D eigenvalue weighted by molar-refractivity contribution is 0.103. The van der Waals surface area contributed by atoms with Gasteiger partial charge in [-0.1, -0.05) is 75.2 Å². The molecule has 0 radical (unpaired) electrons. The van der Waals surface area contributed by atoms with Crippen molar-refractivity contribution in [2.24, 2.45) is 0 Å². The molecule has 1 nitrogen and oxygen atoms in total. The molecule has 0 fully saturated rings. The molecule has 2 aromatic rings. The summed E-state index contributed by atoms with van der Waals surface area (Å²) in [5.41, 5.74) is 4.27. The third-order valence-corrected chi connectivity index (χ3v) is 3.85. The standard InChI is InChI=1S/C20H24O/c1-3-5-14-18-16(10-4-2)13-9-15-19(18)20(21)17-11-7-6-8-12-17/h6-9,11-13,15H,3-5,10,14H2,1-2H3. The normalized spacial score (nSPS) is 10.6. The van der Waals surface area contributed by atoms with Crippen LogP contribution in [0.15, 0.2) is 48.5 Å². The summed E-state index contributed by atoms with van der Waals surface area (Å²) >= 11 is 0. The highest BCUT2D eigenvalue weighted by molar-refractivity contribution is 6.10. The highest BCUT2D eigenvalue weighted by atomic mass is 16.1. The lowest BCUT2D eigenvalue weighted by Crippen LogP contribution is -2.08. The predicted molar refractivity (Wildman–Crippen MR) is 88.9 cm³/mol. The fourth-order valence-electron chi connectivity index (χ4n) is 2.74. The summed E-state index contributed by atoms with van der Waals surface area (Å²) in [6.45, 7) is 4.39. The first-order chi connectivity index (χ1) is 10.3. The van der Waals surface area contributed by atoms with Gasteiger partial charge in [-0.2, -0.15) is 0 Å². The molecule has 0 amide bonds. The van der Waals surface area contributed by atoms with Gasteiger partial charge in [-0.15, -0.1) is 0 Å². The summed E-state index contributed by atoms with van der Waals surface area (Å²) in [5.74, 6) is 0.152. The second-order valence-electron chi connectivity index (χ2n) is 5.49. The Labute approximate surface area is 128 Å². The van der Waals surface area contributed by atoms with Crippen LogP contribution in [0.5, 0.6) is 0 Å². The van der Waals surface area contributed by atoms with Crippen LogP contribution < -0.4 is 0 Å². The van der Waals surface area contributed by atoms with E-state index in [9.17, 15) is 4.79 Å². The number of carbonyl (C=O) groups is 1. The average Bonchev–Trinajstić information content (AvgIpc) is 2.54. The van der Waals surface area contributed by atoms with Gasteiger partial charge in [-0.3, -0.25) is 4.79 Å². The van der Waals surface area contributed by atoms with Crippen LogP contribution >= 0.6 is 0 Å². The lowest BCUT2D eigenvalue weighted by Gasteiger charge is -2.14. The fraction of sp³-hybridized carbons (Fsp3) is 0.350. The van der Waals surface area contributed by atoms with Gasteiger partial charge < -0.3 is 0 Å². The van der Waals surface area contributed by atoms with E-state index in [4.69, 9.17) is 0 Å². The van der Waals surface area contributed by atoms with Gasteiger partial charge in [0, 0.05) is 11.1 Å². The minimum atomic E-state index is 0.152. The van der Waals surface area contributed by atoms with Gasteiger partial charge in [-0.25, -0.2) is 0 Å². The van der Waals surface area contributed by atoms with Crippen molar-refractivity contribution in [3.05, 3.63) is 70.8 Å². The van der Waals surface area contributed by atoms with Crippen LogP contribution in [0.3, 0.4) is 0 Å². The first-order valence-electron chi connectivity index (χ1n) is 7.98. The van der Waals surface area contributed by atoms with E-state index in [-0.39, 0.29) is 5.78 Å². The van der Waals surface area contributed by atoms with Gasteiger partial charge >= 0.3 is 0 Å². The van der Waals surface area contributed by atoms with Crippen molar-refractivity contribution >= 4 is 5.78 Å². The van der Waals surface area contributed by atoms with Crippen molar-refractivity contribution in [2.75, 3.05) is 0 Å². The Morgan fingerprint density at radius 2 is 1.62 bits per heavy atom. The molecule has 0 unspecified atom stereocenters. The molecule has 0 aromatic heterocycles. The first kappa shape index (κ1) is 15.5. The fourth-order valence-corrected chi connectivity index (χ4v) is 2.74. The van der Waals surface area contributed by atoms with E-state index in [1.54, 1.807) is 0 Å². The van der Waals surface area contributed by atoms with Crippen LogP contribution in [-0.2, 0) is 12.8 Å². The minimum Gasteiger partial charge on any atom is -0.289 e. The highest BCUT2D eigenvalue weighted by Gasteiger charge is 2.15. The maximum atomic E-state index is 12.8. The summed E-state index contributed by atoms with van der Waals surface area (Å²) in [7, 11) is 0. The van der Waals surface area contributed by atoms with Crippen molar-refractivity contribution in [1.82, 2.24) is 0 Å². The number of hydrogen-bond acceptors (Lipinski definition) is 1. The van der Waals surface area contributed by atoms with Crippen LogP contribution in [0, 0.1) is 0 Å². The zero-order valence-electron chi connectivity index (χ0n) is 13.1. The van der Waals surface area contributed by atoms with Crippen molar-refractivity contribution in [2.45, 2.75) is 46.0 Å². The zero-order chi connectivity index (χ0) is 15.1. The predicted octanol–water partition coefficient (Wildman–Crippen LogP) is 5.21. The Hall–Kier alpha value is -1.89. The van der Waals surface area contributed by atoms with Crippen LogP contribution in [0.1, 0.15) is 60.2 Å². The molecule has 0 aliphatic carbocycles. The third kappa shape index (κ3) is 3.81. The van der Waals surface area contributed by atoms with Crippen molar-refractivity contribution in [3.63, 3.8) is 0 Å². The second kappa shape index (κ2) is 7.78. The highest BCUT2D eigenvalue weighted by Crippen LogP contribution is 2.22. The average molecular weight is 280 g/mol.